The summed E-state index contributed by atoms with van der Waals surface area (Å²) in [6, 6.07) is 13.0. The summed E-state index contributed by atoms with van der Waals surface area (Å²) in [5, 5.41) is 20.0. The van der Waals surface area contributed by atoms with Crippen LogP contribution in [0.3, 0.4) is 0 Å². The summed E-state index contributed by atoms with van der Waals surface area (Å²) in [6.07, 6.45) is 1.41. The molecule has 122 valence electrons. The zero-order valence-electron chi connectivity index (χ0n) is 12.3. The van der Waals surface area contributed by atoms with Gasteiger partial charge in [-0.25, -0.2) is 8.42 Å². The maximum Gasteiger partial charge on any atom is 0.269 e. The highest BCUT2D eigenvalue weighted by Gasteiger charge is 2.12. The number of nitro benzene ring substituents is 1. The number of hydrogen-bond acceptors (Lipinski definition) is 6. The quantitative estimate of drug-likeness (QED) is 0.588. The van der Waals surface area contributed by atoms with E-state index in [9.17, 15) is 18.5 Å². The van der Waals surface area contributed by atoms with Crippen LogP contribution in [0.2, 0.25) is 0 Å². The molecule has 8 heteroatoms. The third kappa shape index (κ3) is 4.41. The van der Waals surface area contributed by atoms with Crippen LogP contribution in [-0.4, -0.2) is 19.9 Å². The highest BCUT2D eigenvalue weighted by molar-refractivity contribution is 7.94. The second-order valence-electron chi connectivity index (χ2n) is 4.61. The molecule has 0 unspecified atom stereocenters. The first-order valence-corrected chi connectivity index (χ1v) is 8.24. The molecule has 2 aromatic rings. The van der Waals surface area contributed by atoms with Crippen molar-refractivity contribution in [2.75, 3.05) is 6.61 Å². The number of sulfone groups is 1. The summed E-state index contributed by atoms with van der Waals surface area (Å²) < 4.78 is 29.5. The number of nitro groups is 1. The maximum atomic E-state index is 12.2. The molecule has 2 rings (SSSR count). The van der Waals surface area contributed by atoms with Crippen molar-refractivity contribution >= 4 is 21.6 Å². The molecule has 0 saturated carbocycles. The van der Waals surface area contributed by atoms with Gasteiger partial charge in [0, 0.05) is 17.5 Å². The van der Waals surface area contributed by atoms with Crippen LogP contribution in [0.1, 0.15) is 5.56 Å². The average molecular weight is 344 g/mol. The smallest absolute Gasteiger partial charge is 0.269 e. The van der Waals surface area contributed by atoms with Crippen LogP contribution in [0, 0.1) is 21.4 Å². The van der Waals surface area contributed by atoms with Crippen molar-refractivity contribution in [1.82, 2.24) is 0 Å². The van der Waals surface area contributed by atoms with Crippen molar-refractivity contribution in [2.45, 2.75) is 4.90 Å². The summed E-state index contributed by atoms with van der Waals surface area (Å²) in [5.74, 6) is 0.506. The van der Waals surface area contributed by atoms with Crippen LogP contribution >= 0.6 is 0 Å². The van der Waals surface area contributed by atoms with Crippen molar-refractivity contribution in [3.8, 4) is 11.8 Å². The molecule has 0 aliphatic rings. The first-order chi connectivity index (χ1) is 11.4. The Labute approximate surface area is 138 Å². The third-order valence-electron chi connectivity index (χ3n) is 3.00. The maximum absolute atomic E-state index is 12.2. The van der Waals surface area contributed by atoms with Crippen LogP contribution in [0.4, 0.5) is 5.69 Å². The summed E-state index contributed by atoms with van der Waals surface area (Å²) in [6.45, 7) is -0.0658. The largest absolute Gasteiger partial charge is 0.479 e. The van der Waals surface area contributed by atoms with E-state index in [1.807, 2.05) is 6.07 Å². The van der Waals surface area contributed by atoms with E-state index >= 15 is 0 Å². The van der Waals surface area contributed by atoms with Gasteiger partial charge in [-0.2, -0.15) is 5.26 Å². The molecular formula is C16H12N2O5S. The van der Waals surface area contributed by atoms with Gasteiger partial charge in [-0.15, -0.1) is 0 Å². The van der Waals surface area contributed by atoms with Crippen LogP contribution < -0.4 is 4.74 Å². The Kier molecular flexibility index (Phi) is 5.29. The van der Waals surface area contributed by atoms with Gasteiger partial charge in [0.25, 0.3) is 5.69 Å². The molecule has 0 bridgehead atoms. The standard InChI is InChI=1S/C16H12N2O5S/c17-10-11-23-15-5-1-13(2-6-15)9-12-24(21,22)16-7-3-14(4-8-16)18(19)20/h1-9,12H,11H2/b12-9+. The lowest BCUT2D eigenvalue weighted by Crippen LogP contribution is -1.97. The van der Waals surface area contributed by atoms with Gasteiger partial charge in [0.15, 0.2) is 16.4 Å². The number of ether oxygens (including phenoxy) is 1. The molecule has 0 N–H and O–H groups in total. The zero-order chi connectivity index (χ0) is 17.6. The van der Waals surface area contributed by atoms with Gasteiger partial charge < -0.3 is 4.74 Å². The molecule has 0 radical (unpaired) electrons. The molecular weight excluding hydrogens is 332 g/mol. The van der Waals surface area contributed by atoms with E-state index < -0.39 is 14.8 Å². The minimum absolute atomic E-state index is 0.0293. The lowest BCUT2D eigenvalue weighted by Gasteiger charge is -2.02. The topological polar surface area (TPSA) is 110 Å². The van der Waals surface area contributed by atoms with Gasteiger partial charge in [0.1, 0.15) is 11.8 Å². The molecule has 0 amide bonds. The molecule has 0 heterocycles. The Balaban J connectivity index is 2.14. The number of rotatable bonds is 6. The molecule has 2 aromatic carbocycles. The Morgan fingerprint density at radius 1 is 1.12 bits per heavy atom. The van der Waals surface area contributed by atoms with E-state index in [4.69, 9.17) is 10.00 Å². The molecule has 0 spiro atoms. The first-order valence-electron chi connectivity index (χ1n) is 6.70. The number of hydrogen-bond donors (Lipinski definition) is 0. The molecule has 0 atom stereocenters. The van der Waals surface area contributed by atoms with Gasteiger partial charge in [0.05, 0.1) is 9.82 Å². The zero-order valence-corrected chi connectivity index (χ0v) is 13.1. The summed E-state index contributed by atoms with van der Waals surface area (Å²) >= 11 is 0. The third-order valence-corrected chi connectivity index (χ3v) is 4.42. The van der Waals surface area contributed by atoms with Crippen LogP contribution in [0.15, 0.2) is 58.8 Å². The van der Waals surface area contributed by atoms with E-state index in [1.54, 1.807) is 24.3 Å². The summed E-state index contributed by atoms with van der Waals surface area (Å²) in [7, 11) is -3.70. The van der Waals surface area contributed by atoms with Gasteiger partial charge in [-0.3, -0.25) is 10.1 Å². The number of nitrogens with zero attached hydrogens (tertiary/aromatic N) is 2. The average Bonchev–Trinajstić information content (AvgIpc) is 2.59. The number of benzene rings is 2. The highest BCUT2D eigenvalue weighted by Crippen LogP contribution is 2.19. The Morgan fingerprint density at radius 3 is 2.29 bits per heavy atom. The molecule has 7 nitrogen and oxygen atoms in total. The molecule has 0 aromatic heterocycles. The van der Waals surface area contributed by atoms with Crippen LogP contribution in [-0.2, 0) is 9.84 Å². The highest BCUT2D eigenvalue weighted by atomic mass is 32.2. The summed E-state index contributed by atoms with van der Waals surface area (Å²) in [4.78, 5) is 9.96. The normalized spacial score (nSPS) is 11.1. The molecule has 0 fully saturated rings. The monoisotopic (exact) mass is 344 g/mol. The van der Waals surface area contributed by atoms with Crippen molar-refractivity contribution in [3.05, 3.63) is 69.6 Å². The Morgan fingerprint density at radius 2 is 1.75 bits per heavy atom. The lowest BCUT2D eigenvalue weighted by atomic mass is 10.2. The second-order valence-corrected chi connectivity index (χ2v) is 6.45. The van der Waals surface area contributed by atoms with E-state index in [-0.39, 0.29) is 17.2 Å². The first kappa shape index (κ1) is 17.2. The van der Waals surface area contributed by atoms with Crippen LogP contribution in [0.5, 0.6) is 5.75 Å². The molecule has 0 aliphatic carbocycles. The fraction of sp³-hybridized carbons (Fsp3) is 0.0625. The van der Waals surface area contributed by atoms with E-state index in [0.717, 1.165) is 17.5 Å². The van der Waals surface area contributed by atoms with Crippen molar-refractivity contribution in [2.24, 2.45) is 0 Å². The summed E-state index contributed by atoms with van der Waals surface area (Å²) in [5.41, 5.74) is 0.454. The minimum Gasteiger partial charge on any atom is -0.479 e. The van der Waals surface area contributed by atoms with Gasteiger partial charge in [0.2, 0.25) is 0 Å². The van der Waals surface area contributed by atoms with E-state index in [1.165, 1.54) is 18.2 Å². The van der Waals surface area contributed by atoms with Crippen molar-refractivity contribution in [3.63, 3.8) is 0 Å². The van der Waals surface area contributed by atoms with E-state index in [0.29, 0.717) is 11.3 Å². The molecule has 24 heavy (non-hydrogen) atoms. The van der Waals surface area contributed by atoms with Gasteiger partial charge >= 0.3 is 0 Å². The van der Waals surface area contributed by atoms with Crippen molar-refractivity contribution < 1.29 is 18.1 Å². The van der Waals surface area contributed by atoms with Crippen LogP contribution in [0.25, 0.3) is 6.08 Å². The Bertz CT molecular complexity index is 895. The predicted molar refractivity (Wildman–Crippen MR) is 86.9 cm³/mol. The molecule has 0 aliphatic heterocycles. The van der Waals surface area contributed by atoms with Gasteiger partial charge in [-0.1, -0.05) is 12.1 Å². The predicted octanol–water partition coefficient (Wildman–Crippen LogP) is 2.94. The second kappa shape index (κ2) is 7.39. The van der Waals surface area contributed by atoms with E-state index in [2.05, 4.69) is 0 Å². The molecule has 0 saturated heterocycles. The fourth-order valence-corrected chi connectivity index (χ4v) is 2.80. The number of nitriles is 1. The van der Waals surface area contributed by atoms with Crippen molar-refractivity contribution in [1.29, 1.82) is 5.26 Å². The number of non-ortho nitro benzene ring substituents is 1. The Hall–Kier alpha value is -3.18. The van der Waals surface area contributed by atoms with Gasteiger partial charge in [-0.05, 0) is 35.9 Å². The SMILES string of the molecule is N#CCOc1ccc(/C=C/S(=O)(=O)c2ccc([N+](=O)[O-])cc2)cc1. The fourth-order valence-electron chi connectivity index (χ4n) is 1.80. The lowest BCUT2D eigenvalue weighted by molar-refractivity contribution is -0.384. The minimum atomic E-state index is -3.70.